The normalized spacial score (nSPS) is 24.7. The van der Waals surface area contributed by atoms with Gasteiger partial charge in [0.05, 0.1) is 17.8 Å². The van der Waals surface area contributed by atoms with E-state index in [0.717, 1.165) is 31.7 Å². The Kier molecular flexibility index (Phi) is 4.94. The number of carboxylic acid groups (broad SMARTS) is 1. The number of carbonyl (C=O) groups excluding carboxylic acids is 1. The van der Waals surface area contributed by atoms with Crippen molar-refractivity contribution in [1.29, 1.82) is 0 Å². The fourth-order valence-corrected chi connectivity index (χ4v) is 3.34. The van der Waals surface area contributed by atoms with Crippen LogP contribution < -0.4 is 4.90 Å². The monoisotopic (exact) mass is 347 g/mol. The molecule has 2 fully saturated rings. The van der Waals surface area contributed by atoms with Crippen LogP contribution in [0.2, 0.25) is 0 Å². The van der Waals surface area contributed by atoms with E-state index in [-0.39, 0.29) is 24.2 Å². The van der Waals surface area contributed by atoms with Crippen LogP contribution in [-0.2, 0) is 9.53 Å². The molecule has 0 radical (unpaired) electrons. The summed E-state index contributed by atoms with van der Waals surface area (Å²) in [5.41, 5.74) is 0.429. The molecule has 1 saturated heterocycles. The maximum atomic E-state index is 12.8. The van der Waals surface area contributed by atoms with Gasteiger partial charge in [0.25, 0.3) is 5.91 Å². The van der Waals surface area contributed by atoms with Crippen LogP contribution in [0.25, 0.3) is 0 Å². The number of morpholine rings is 1. The van der Waals surface area contributed by atoms with E-state index in [4.69, 9.17) is 4.74 Å². The zero-order valence-electron chi connectivity index (χ0n) is 14.9. The lowest BCUT2D eigenvalue weighted by Crippen LogP contribution is -2.46. The Bertz CT molecular complexity index is 634. The average molecular weight is 347 g/mol. The molecule has 1 aromatic rings. The molecule has 1 aliphatic heterocycles. The van der Waals surface area contributed by atoms with E-state index in [1.54, 1.807) is 19.2 Å². The molecular formula is C18H25N3O4. The van der Waals surface area contributed by atoms with Crippen molar-refractivity contribution < 1.29 is 19.4 Å². The zero-order chi connectivity index (χ0) is 18.1. The van der Waals surface area contributed by atoms with E-state index in [1.807, 2.05) is 19.9 Å². The first-order valence-corrected chi connectivity index (χ1v) is 8.78. The lowest BCUT2D eigenvalue weighted by molar-refractivity contribution is -0.141. The number of carbonyl (C=O) groups is 2. The molecule has 0 spiro atoms. The third-order valence-corrected chi connectivity index (χ3v) is 4.69. The molecule has 3 unspecified atom stereocenters. The van der Waals surface area contributed by atoms with E-state index in [2.05, 4.69) is 9.88 Å². The lowest BCUT2D eigenvalue weighted by Gasteiger charge is -2.36. The molecule has 3 atom stereocenters. The average Bonchev–Trinajstić information content (AvgIpc) is 3.39. The van der Waals surface area contributed by atoms with Gasteiger partial charge in [-0.2, -0.15) is 0 Å². The summed E-state index contributed by atoms with van der Waals surface area (Å²) in [7, 11) is 0. The first-order valence-electron chi connectivity index (χ1n) is 8.78. The van der Waals surface area contributed by atoms with E-state index < -0.39 is 12.0 Å². The molecule has 7 heteroatoms. The van der Waals surface area contributed by atoms with E-state index in [9.17, 15) is 14.7 Å². The summed E-state index contributed by atoms with van der Waals surface area (Å²) in [5, 5.41) is 9.26. The van der Waals surface area contributed by atoms with Crippen molar-refractivity contribution in [2.75, 3.05) is 18.0 Å². The summed E-state index contributed by atoms with van der Waals surface area (Å²) in [6, 6.07) is 2.76. The van der Waals surface area contributed by atoms with E-state index in [0.29, 0.717) is 5.56 Å². The fourth-order valence-electron chi connectivity index (χ4n) is 3.34. The zero-order valence-corrected chi connectivity index (χ0v) is 14.9. The van der Waals surface area contributed by atoms with Gasteiger partial charge in [-0.15, -0.1) is 0 Å². The number of aliphatic carboxylic acids is 1. The summed E-state index contributed by atoms with van der Waals surface area (Å²) in [5.74, 6) is -0.441. The highest BCUT2D eigenvalue weighted by molar-refractivity contribution is 5.96. The van der Waals surface area contributed by atoms with Crippen LogP contribution >= 0.6 is 0 Å². The van der Waals surface area contributed by atoms with Crippen LogP contribution in [0.1, 0.15) is 44.0 Å². The molecule has 3 rings (SSSR count). The highest BCUT2D eigenvalue weighted by Gasteiger charge is 2.39. The number of ether oxygens (including phenoxy) is 1. The van der Waals surface area contributed by atoms with Gasteiger partial charge in [0.1, 0.15) is 11.9 Å². The molecule has 1 amide bonds. The first kappa shape index (κ1) is 17.7. The van der Waals surface area contributed by atoms with Crippen LogP contribution in [0.4, 0.5) is 5.82 Å². The summed E-state index contributed by atoms with van der Waals surface area (Å²) in [6.07, 6.45) is 3.53. The highest BCUT2D eigenvalue weighted by Crippen LogP contribution is 2.30. The molecule has 2 heterocycles. The number of hydrogen-bond acceptors (Lipinski definition) is 5. The van der Waals surface area contributed by atoms with Gasteiger partial charge in [-0.05, 0) is 45.7 Å². The molecule has 1 aliphatic carbocycles. The van der Waals surface area contributed by atoms with E-state index in [1.165, 1.54) is 4.90 Å². The Morgan fingerprint density at radius 1 is 1.28 bits per heavy atom. The predicted octanol–water partition coefficient (Wildman–Crippen LogP) is 1.77. The number of aromatic nitrogens is 1. The predicted molar refractivity (Wildman–Crippen MR) is 92.7 cm³/mol. The molecule has 0 bridgehead atoms. The first-order chi connectivity index (χ1) is 11.9. The highest BCUT2D eigenvalue weighted by atomic mass is 16.5. The number of hydrogen-bond donors (Lipinski definition) is 1. The maximum absolute atomic E-state index is 12.8. The second-order valence-electron chi connectivity index (χ2n) is 7.03. The second kappa shape index (κ2) is 7.00. The topological polar surface area (TPSA) is 83.0 Å². The van der Waals surface area contributed by atoms with Crippen molar-refractivity contribution in [3.63, 3.8) is 0 Å². The van der Waals surface area contributed by atoms with Gasteiger partial charge in [0, 0.05) is 25.3 Å². The summed E-state index contributed by atoms with van der Waals surface area (Å²) in [6.45, 7) is 7.13. The molecule has 7 nitrogen and oxygen atoms in total. The quantitative estimate of drug-likeness (QED) is 0.874. The fraction of sp³-hybridized carbons (Fsp3) is 0.611. The Labute approximate surface area is 147 Å². The third-order valence-electron chi connectivity index (χ3n) is 4.69. The largest absolute Gasteiger partial charge is 0.480 e. The lowest BCUT2D eigenvalue weighted by atomic mass is 10.2. The number of nitrogens with zero attached hydrogens (tertiary/aromatic N) is 3. The minimum absolute atomic E-state index is 0.0271. The minimum Gasteiger partial charge on any atom is -0.480 e. The van der Waals surface area contributed by atoms with Crippen molar-refractivity contribution in [1.82, 2.24) is 9.88 Å². The molecule has 1 aromatic heterocycles. The van der Waals surface area contributed by atoms with Gasteiger partial charge in [0.2, 0.25) is 0 Å². The summed E-state index contributed by atoms with van der Waals surface area (Å²) in [4.78, 5) is 32.1. The Morgan fingerprint density at radius 2 is 1.92 bits per heavy atom. The van der Waals surface area contributed by atoms with Crippen LogP contribution in [0.5, 0.6) is 0 Å². The number of amides is 1. The molecular weight excluding hydrogens is 322 g/mol. The molecule has 25 heavy (non-hydrogen) atoms. The molecule has 1 N–H and O–H groups in total. The smallest absolute Gasteiger partial charge is 0.326 e. The Balaban J connectivity index is 1.75. The Morgan fingerprint density at radius 3 is 2.40 bits per heavy atom. The van der Waals surface area contributed by atoms with Crippen molar-refractivity contribution in [2.24, 2.45) is 0 Å². The van der Waals surface area contributed by atoms with Crippen LogP contribution in [0.3, 0.4) is 0 Å². The van der Waals surface area contributed by atoms with Gasteiger partial charge < -0.3 is 19.6 Å². The van der Waals surface area contributed by atoms with Crippen molar-refractivity contribution in [2.45, 2.75) is 57.9 Å². The van der Waals surface area contributed by atoms with Crippen molar-refractivity contribution >= 4 is 17.7 Å². The SMILES string of the molecule is CC1CN(c2ccc(C(=O)N(C3CC3)C(C)C(=O)O)cn2)CC(C)O1. The Hall–Kier alpha value is -2.15. The number of carboxylic acids is 1. The van der Waals surface area contributed by atoms with Crippen LogP contribution in [-0.4, -0.2) is 64.2 Å². The molecule has 1 saturated carbocycles. The number of pyridine rings is 1. The minimum atomic E-state index is -0.985. The van der Waals surface area contributed by atoms with Crippen molar-refractivity contribution in [3.05, 3.63) is 23.9 Å². The number of rotatable bonds is 5. The third kappa shape index (κ3) is 3.92. The molecule has 136 valence electrons. The number of anilines is 1. The van der Waals surface area contributed by atoms with Gasteiger partial charge in [-0.1, -0.05) is 0 Å². The summed E-state index contributed by atoms with van der Waals surface area (Å²) < 4.78 is 5.73. The standard InChI is InChI=1S/C18H25N3O4/c1-11-9-20(10-12(2)25-11)16-7-4-14(8-19-16)17(22)21(15-5-6-15)13(3)18(23)24/h4,7-8,11-13,15H,5-6,9-10H2,1-3H3,(H,23,24). The second-order valence-corrected chi connectivity index (χ2v) is 7.03. The maximum Gasteiger partial charge on any atom is 0.326 e. The molecule has 0 aromatic carbocycles. The van der Waals surface area contributed by atoms with Crippen LogP contribution in [0.15, 0.2) is 18.3 Å². The van der Waals surface area contributed by atoms with Crippen molar-refractivity contribution in [3.8, 4) is 0 Å². The van der Waals surface area contributed by atoms with Gasteiger partial charge in [0.15, 0.2) is 0 Å². The van der Waals surface area contributed by atoms with E-state index >= 15 is 0 Å². The van der Waals surface area contributed by atoms with Gasteiger partial charge in [-0.3, -0.25) is 4.79 Å². The van der Waals surface area contributed by atoms with Gasteiger partial charge in [-0.25, -0.2) is 9.78 Å². The van der Waals surface area contributed by atoms with Crippen LogP contribution in [0, 0.1) is 0 Å². The molecule has 2 aliphatic rings. The summed E-state index contributed by atoms with van der Waals surface area (Å²) >= 11 is 0. The van der Waals surface area contributed by atoms with Gasteiger partial charge >= 0.3 is 5.97 Å².